The Labute approximate surface area is 155 Å². The molecule has 138 valence electrons. The van der Waals surface area contributed by atoms with Crippen molar-refractivity contribution in [2.45, 2.75) is 45.2 Å². The summed E-state index contributed by atoms with van der Waals surface area (Å²) >= 11 is 0. The van der Waals surface area contributed by atoms with Crippen LogP contribution in [-0.2, 0) is 11.3 Å². The van der Waals surface area contributed by atoms with Gasteiger partial charge in [0.2, 0.25) is 5.91 Å². The minimum Gasteiger partial charge on any atom is -0.339 e. The van der Waals surface area contributed by atoms with E-state index >= 15 is 0 Å². The van der Waals surface area contributed by atoms with Crippen molar-refractivity contribution in [3.05, 3.63) is 35.4 Å². The summed E-state index contributed by atoms with van der Waals surface area (Å²) in [7, 11) is 0. The maximum absolute atomic E-state index is 12.6. The predicted molar refractivity (Wildman–Crippen MR) is 101 cm³/mol. The van der Waals surface area contributed by atoms with Crippen LogP contribution in [-0.4, -0.2) is 47.3 Å². The second-order valence-electron chi connectivity index (χ2n) is 7.10. The second-order valence-corrected chi connectivity index (χ2v) is 7.10. The number of halogens is 1. The highest BCUT2D eigenvalue weighted by atomic mass is 35.5. The maximum Gasteiger partial charge on any atom is 0.253 e. The van der Waals surface area contributed by atoms with Crippen LogP contribution in [0.4, 0.5) is 0 Å². The van der Waals surface area contributed by atoms with Gasteiger partial charge in [-0.15, -0.1) is 12.4 Å². The molecule has 2 N–H and O–H groups in total. The highest BCUT2D eigenvalue weighted by molar-refractivity contribution is 5.94. The Morgan fingerprint density at radius 3 is 2.36 bits per heavy atom. The summed E-state index contributed by atoms with van der Waals surface area (Å²) in [6.07, 6.45) is 3.58. The third-order valence-electron chi connectivity index (χ3n) is 5.32. The third-order valence-corrected chi connectivity index (χ3v) is 5.32. The number of carbonyl (C=O) groups is 2. The molecule has 2 heterocycles. The van der Waals surface area contributed by atoms with Crippen LogP contribution in [0.5, 0.6) is 0 Å². The van der Waals surface area contributed by atoms with Crippen molar-refractivity contribution in [2.24, 2.45) is 11.7 Å². The summed E-state index contributed by atoms with van der Waals surface area (Å²) in [5.74, 6) is 0.850. The molecule has 25 heavy (non-hydrogen) atoms. The zero-order valence-corrected chi connectivity index (χ0v) is 15.6. The van der Waals surface area contributed by atoms with Gasteiger partial charge in [-0.25, -0.2) is 0 Å². The second kappa shape index (κ2) is 8.68. The molecule has 0 radical (unpaired) electrons. The van der Waals surface area contributed by atoms with Gasteiger partial charge < -0.3 is 15.5 Å². The third kappa shape index (κ3) is 4.73. The Morgan fingerprint density at radius 1 is 1.20 bits per heavy atom. The van der Waals surface area contributed by atoms with Gasteiger partial charge in [-0.05, 0) is 49.8 Å². The highest BCUT2D eigenvalue weighted by Gasteiger charge is 2.25. The van der Waals surface area contributed by atoms with Crippen molar-refractivity contribution < 1.29 is 9.59 Å². The number of nitrogens with zero attached hydrogens (tertiary/aromatic N) is 2. The molecule has 1 unspecified atom stereocenters. The topological polar surface area (TPSA) is 66.6 Å². The predicted octanol–water partition coefficient (Wildman–Crippen LogP) is 2.43. The Balaban J connectivity index is 0.00000225. The molecule has 2 aliphatic rings. The number of amides is 2. The average molecular weight is 366 g/mol. The van der Waals surface area contributed by atoms with Gasteiger partial charge >= 0.3 is 0 Å². The molecular weight excluding hydrogens is 338 g/mol. The normalized spacial score (nSPS) is 19.7. The van der Waals surface area contributed by atoms with Gasteiger partial charge in [0, 0.05) is 44.2 Å². The van der Waals surface area contributed by atoms with Crippen LogP contribution in [0.15, 0.2) is 24.3 Å². The molecule has 3 rings (SSSR count). The molecule has 1 atom stereocenters. The first-order valence-corrected chi connectivity index (χ1v) is 8.96. The largest absolute Gasteiger partial charge is 0.339 e. The Bertz CT molecular complexity index is 595. The summed E-state index contributed by atoms with van der Waals surface area (Å²) in [6, 6.07) is 7.90. The molecule has 0 saturated carbocycles. The van der Waals surface area contributed by atoms with Crippen molar-refractivity contribution in [3.8, 4) is 0 Å². The lowest BCUT2D eigenvalue weighted by Crippen LogP contribution is -2.42. The van der Waals surface area contributed by atoms with Crippen LogP contribution in [0.25, 0.3) is 0 Å². The fourth-order valence-electron chi connectivity index (χ4n) is 3.66. The first-order valence-electron chi connectivity index (χ1n) is 8.96. The molecular formula is C19H28ClN3O2. The van der Waals surface area contributed by atoms with E-state index in [1.54, 1.807) is 0 Å². The Morgan fingerprint density at radius 2 is 1.84 bits per heavy atom. The van der Waals surface area contributed by atoms with E-state index in [0.29, 0.717) is 18.9 Å². The number of nitrogens with two attached hydrogens (primary N) is 1. The van der Waals surface area contributed by atoms with E-state index in [-0.39, 0.29) is 30.3 Å². The average Bonchev–Trinajstić information content (AvgIpc) is 3.00. The van der Waals surface area contributed by atoms with E-state index in [0.717, 1.165) is 50.0 Å². The highest BCUT2D eigenvalue weighted by Crippen LogP contribution is 2.21. The summed E-state index contributed by atoms with van der Waals surface area (Å²) in [5.41, 5.74) is 7.77. The van der Waals surface area contributed by atoms with Gasteiger partial charge in [0.25, 0.3) is 5.91 Å². The van der Waals surface area contributed by atoms with Crippen LogP contribution in [0.1, 0.15) is 48.5 Å². The van der Waals surface area contributed by atoms with Crippen LogP contribution in [0, 0.1) is 5.92 Å². The molecule has 0 spiro atoms. The van der Waals surface area contributed by atoms with E-state index in [4.69, 9.17) is 5.73 Å². The molecule has 1 aromatic rings. The van der Waals surface area contributed by atoms with Crippen molar-refractivity contribution in [1.82, 2.24) is 9.80 Å². The number of likely N-dealkylation sites (tertiary alicyclic amines) is 2. The summed E-state index contributed by atoms with van der Waals surface area (Å²) in [6.45, 7) is 5.11. The molecule has 6 heteroatoms. The maximum atomic E-state index is 12.6. The van der Waals surface area contributed by atoms with Crippen LogP contribution in [0.2, 0.25) is 0 Å². The van der Waals surface area contributed by atoms with Gasteiger partial charge in [-0.2, -0.15) is 0 Å². The lowest BCUT2D eigenvalue weighted by atomic mass is 9.90. The van der Waals surface area contributed by atoms with E-state index in [1.165, 1.54) is 0 Å². The van der Waals surface area contributed by atoms with Crippen LogP contribution in [0.3, 0.4) is 0 Å². The minimum atomic E-state index is 0. The smallest absolute Gasteiger partial charge is 0.253 e. The first kappa shape index (κ1) is 19.7. The number of hydrogen-bond donors (Lipinski definition) is 1. The van der Waals surface area contributed by atoms with E-state index in [1.807, 2.05) is 41.0 Å². The monoisotopic (exact) mass is 365 g/mol. The fourth-order valence-corrected chi connectivity index (χ4v) is 3.66. The van der Waals surface area contributed by atoms with Crippen molar-refractivity contribution >= 4 is 24.2 Å². The standard InChI is InChI=1S/C19H27N3O2.ClH/c1-14(20)16-8-11-21(12-9-16)19(24)17-6-4-15(5-7-17)13-22-10-2-3-18(22)23;/h4-7,14,16H,2-3,8-13,20H2,1H3;1H. The van der Waals surface area contributed by atoms with Gasteiger partial charge in [-0.1, -0.05) is 12.1 Å². The number of carbonyl (C=O) groups excluding carboxylic acids is 2. The Kier molecular flexibility index (Phi) is 6.85. The summed E-state index contributed by atoms with van der Waals surface area (Å²) < 4.78 is 0. The molecule has 2 aliphatic heterocycles. The number of hydrogen-bond acceptors (Lipinski definition) is 3. The molecule has 2 fully saturated rings. The lowest BCUT2D eigenvalue weighted by Gasteiger charge is -2.33. The van der Waals surface area contributed by atoms with E-state index in [2.05, 4.69) is 0 Å². The SMILES string of the molecule is CC(N)C1CCN(C(=O)c2ccc(CN3CCCC3=O)cc2)CC1.Cl. The number of piperidine rings is 1. The zero-order valence-electron chi connectivity index (χ0n) is 14.8. The molecule has 5 nitrogen and oxygen atoms in total. The molecule has 0 aromatic heterocycles. The molecule has 2 saturated heterocycles. The first-order chi connectivity index (χ1) is 11.5. The van der Waals surface area contributed by atoms with Crippen molar-refractivity contribution in [2.75, 3.05) is 19.6 Å². The molecule has 1 aromatic carbocycles. The van der Waals surface area contributed by atoms with Crippen molar-refractivity contribution in [1.29, 1.82) is 0 Å². The summed E-state index contributed by atoms with van der Waals surface area (Å²) in [5, 5.41) is 0. The molecule has 0 aliphatic carbocycles. The van der Waals surface area contributed by atoms with Gasteiger partial charge in [0.05, 0.1) is 0 Å². The molecule has 2 amide bonds. The minimum absolute atomic E-state index is 0. The molecule has 0 bridgehead atoms. The van der Waals surface area contributed by atoms with E-state index < -0.39 is 0 Å². The zero-order chi connectivity index (χ0) is 17.1. The van der Waals surface area contributed by atoms with Gasteiger partial charge in [0.15, 0.2) is 0 Å². The lowest BCUT2D eigenvalue weighted by molar-refractivity contribution is -0.128. The quantitative estimate of drug-likeness (QED) is 0.891. The van der Waals surface area contributed by atoms with E-state index in [9.17, 15) is 9.59 Å². The van der Waals surface area contributed by atoms with Crippen LogP contribution >= 0.6 is 12.4 Å². The van der Waals surface area contributed by atoms with Crippen LogP contribution < -0.4 is 5.73 Å². The van der Waals surface area contributed by atoms with Gasteiger partial charge in [-0.3, -0.25) is 9.59 Å². The number of benzene rings is 1. The fraction of sp³-hybridized carbons (Fsp3) is 0.579. The van der Waals surface area contributed by atoms with Gasteiger partial charge in [0.1, 0.15) is 0 Å². The van der Waals surface area contributed by atoms with Crippen molar-refractivity contribution in [3.63, 3.8) is 0 Å². The number of rotatable bonds is 4. The Hall–Kier alpha value is -1.59. The summed E-state index contributed by atoms with van der Waals surface area (Å²) in [4.78, 5) is 28.1.